The predicted molar refractivity (Wildman–Crippen MR) is 63.7 cm³/mol. The van der Waals surface area contributed by atoms with Gasteiger partial charge in [-0.05, 0) is 12.5 Å². The zero-order valence-corrected chi connectivity index (χ0v) is 9.25. The zero-order chi connectivity index (χ0) is 12.3. The number of H-pyrrole nitrogens is 1. The lowest BCUT2D eigenvalue weighted by Crippen LogP contribution is -2.06. The summed E-state index contributed by atoms with van der Waals surface area (Å²) in [7, 11) is 0. The van der Waals surface area contributed by atoms with Gasteiger partial charge in [-0.25, -0.2) is 0 Å². The number of hydrogen-bond donors (Lipinski definition) is 2. The summed E-state index contributed by atoms with van der Waals surface area (Å²) < 4.78 is 0. The van der Waals surface area contributed by atoms with E-state index in [4.69, 9.17) is 0 Å². The Morgan fingerprint density at radius 3 is 3.00 bits per heavy atom. The van der Waals surface area contributed by atoms with E-state index in [0.717, 1.165) is 11.3 Å². The summed E-state index contributed by atoms with van der Waals surface area (Å²) in [4.78, 5) is 10.3. The van der Waals surface area contributed by atoms with E-state index in [-0.39, 0.29) is 11.7 Å². The average Bonchev–Trinajstić information content (AvgIpc) is 2.82. The second kappa shape index (κ2) is 4.65. The van der Waals surface area contributed by atoms with Crippen molar-refractivity contribution in [2.45, 2.75) is 13.0 Å². The molecule has 0 amide bonds. The second-order valence-corrected chi connectivity index (χ2v) is 3.71. The van der Waals surface area contributed by atoms with Crippen molar-refractivity contribution in [3.8, 4) is 0 Å². The number of nitro benzene ring substituents is 1. The number of non-ortho nitro benzene ring substituents is 1. The van der Waals surface area contributed by atoms with Crippen molar-refractivity contribution >= 4 is 11.4 Å². The number of rotatable bonds is 4. The van der Waals surface area contributed by atoms with Crippen LogP contribution in [0.1, 0.15) is 18.5 Å². The highest BCUT2D eigenvalue weighted by Crippen LogP contribution is 2.21. The van der Waals surface area contributed by atoms with Crippen molar-refractivity contribution < 1.29 is 4.92 Å². The smallest absolute Gasteiger partial charge is 0.269 e. The Kier molecular flexibility index (Phi) is 3.04. The lowest BCUT2D eigenvalue weighted by molar-refractivity contribution is -0.384. The molecule has 1 aromatic heterocycles. The van der Waals surface area contributed by atoms with Crippen molar-refractivity contribution in [1.29, 1.82) is 0 Å². The molecule has 2 rings (SSSR count). The van der Waals surface area contributed by atoms with Crippen LogP contribution in [0.5, 0.6) is 0 Å². The van der Waals surface area contributed by atoms with E-state index in [0.29, 0.717) is 0 Å². The molecule has 0 spiro atoms. The molecular formula is C11H12N4O2. The molecule has 0 saturated carbocycles. The van der Waals surface area contributed by atoms with Gasteiger partial charge in [0.05, 0.1) is 16.8 Å². The summed E-state index contributed by atoms with van der Waals surface area (Å²) in [5, 5.41) is 20.4. The first-order chi connectivity index (χ1) is 8.16. The lowest BCUT2D eigenvalue weighted by Gasteiger charge is -2.13. The number of nitrogens with zero attached hydrogens (tertiary/aromatic N) is 2. The molecule has 1 atom stereocenters. The number of aromatic amines is 1. The Labute approximate surface area is 97.8 Å². The summed E-state index contributed by atoms with van der Waals surface area (Å²) in [6.45, 7) is 1.94. The Morgan fingerprint density at radius 1 is 1.53 bits per heavy atom. The van der Waals surface area contributed by atoms with Crippen molar-refractivity contribution in [2.75, 3.05) is 5.32 Å². The molecule has 0 fully saturated rings. The molecule has 1 heterocycles. The first kappa shape index (κ1) is 11.1. The van der Waals surface area contributed by atoms with Gasteiger partial charge in [-0.15, -0.1) is 0 Å². The van der Waals surface area contributed by atoms with Gasteiger partial charge in [-0.3, -0.25) is 15.2 Å². The van der Waals surface area contributed by atoms with E-state index >= 15 is 0 Å². The molecule has 17 heavy (non-hydrogen) atoms. The Bertz CT molecular complexity index is 510. The van der Waals surface area contributed by atoms with E-state index in [2.05, 4.69) is 15.5 Å². The van der Waals surface area contributed by atoms with Crippen LogP contribution in [0, 0.1) is 10.1 Å². The third kappa shape index (κ3) is 2.60. The van der Waals surface area contributed by atoms with Gasteiger partial charge in [-0.2, -0.15) is 5.10 Å². The Hall–Kier alpha value is -2.37. The normalized spacial score (nSPS) is 12.1. The molecule has 0 aliphatic carbocycles. The number of hydrogen-bond acceptors (Lipinski definition) is 4. The molecule has 1 aromatic carbocycles. The number of anilines is 1. The van der Waals surface area contributed by atoms with E-state index in [1.165, 1.54) is 6.07 Å². The van der Waals surface area contributed by atoms with Crippen molar-refractivity contribution in [3.05, 3.63) is 52.3 Å². The van der Waals surface area contributed by atoms with Crippen LogP contribution >= 0.6 is 0 Å². The fourth-order valence-corrected chi connectivity index (χ4v) is 1.57. The van der Waals surface area contributed by atoms with Crippen molar-refractivity contribution in [1.82, 2.24) is 10.2 Å². The largest absolute Gasteiger partial charge is 0.376 e. The maximum atomic E-state index is 10.7. The molecule has 0 aliphatic rings. The molecule has 6 heteroatoms. The zero-order valence-electron chi connectivity index (χ0n) is 9.25. The molecule has 2 aromatic rings. The van der Waals surface area contributed by atoms with Gasteiger partial charge in [-0.1, -0.05) is 12.1 Å². The summed E-state index contributed by atoms with van der Waals surface area (Å²) in [5.74, 6) is 0. The maximum absolute atomic E-state index is 10.7. The fraction of sp³-hybridized carbons (Fsp3) is 0.182. The van der Waals surface area contributed by atoms with Gasteiger partial charge >= 0.3 is 0 Å². The van der Waals surface area contributed by atoms with Crippen LogP contribution in [0.3, 0.4) is 0 Å². The van der Waals surface area contributed by atoms with Gasteiger partial charge in [0.2, 0.25) is 0 Å². The Balaban J connectivity index is 2.16. The van der Waals surface area contributed by atoms with Crippen LogP contribution in [-0.2, 0) is 0 Å². The second-order valence-electron chi connectivity index (χ2n) is 3.71. The van der Waals surface area contributed by atoms with E-state index in [1.807, 2.05) is 13.0 Å². The molecule has 1 unspecified atom stereocenters. The van der Waals surface area contributed by atoms with Crippen LogP contribution in [0.2, 0.25) is 0 Å². The van der Waals surface area contributed by atoms with E-state index in [1.54, 1.807) is 24.5 Å². The van der Waals surface area contributed by atoms with Crippen molar-refractivity contribution in [3.63, 3.8) is 0 Å². The molecule has 88 valence electrons. The van der Waals surface area contributed by atoms with Gasteiger partial charge in [0, 0.05) is 24.4 Å². The minimum atomic E-state index is -0.395. The number of benzene rings is 1. The molecule has 0 saturated heterocycles. The Morgan fingerprint density at radius 2 is 2.35 bits per heavy atom. The number of aromatic nitrogens is 2. The highest BCUT2D eigenvalue weighted by Gasteiger charge is 2.10. The summed E-state index contributed by atoms with van der Waals surface area (Å²) in [6.07, 6.45) is 3.39. The number of nitrogens with one attached hydrogen (secondary N) is 2. The first-order valence-electron chi connectivity index (χ1n) is 5.16. The number of nitro groups is 1. The quantitative estimate of drug-likeness (QED) is 0.626. The standard InChI is InChI=1S/C11H12N4O2/c1-8(14-10-6-12-13-7-10)9-3-2-4-11(5-9)15(16)17/h2-8,14H,1H3,(H,12,13). The molecular weight excluding hydrogens is 220 g/mol. The van der Waals surface area contributed by atoms with Crippen LogP contribution in [0.15, 0.2) is 36.7 Å². The third-order valence-electron chi connectivity index (χ3n) is 2.46. The van der Waals surface area contributed by atoms with Gasteiger partial charge in [0.1, 0.15) is 0 Å². The maximum Gasteiger partial charge on any atom is 0.269 e. The highest BCUT2D eigenvalue weighted by atomic mass is 16.6. The lowest BCUT2D eigenvalue weighted by atomic mass is 10.1. The van der Waals surface area contributed by atoms with Gasteiger partial charge in [0.15, 0.2) is 0 Å². The van der Waals surface area contributed by atoms with Crippen LogP contribution < -0.4 is 5.32 Å². The predicted octanol–water partition coefficient (Wildman–Crippen LogP) is 2.49. The van der Waals surface area contributed by atoms with Crippen LogP contribution in [-0.4, -0.2) is 15.1 Å². The third-order valence-corrected chi connectivity index (χ3v) is 2.46. The molecule has 0 aliphatic heterocycles. The monoisotopic (exact) mass is 232 g/mol. The minimum absolute atomic E-state index is 0.0208. The van der Waals surface area contributed by atoms with Gasteiger partial charge < -0.3 is 5.32 Å². The summed E-state index contributed by atoms with van der Waals surface area (Å²) in [5.41, 5.74) is 1.81. The van der Waals surface area contributed by atoms with Crippen molar-refractivity contribution in [2.24, 2.45) is 0 Å². The molecule has 0 bridgehead atoms. The topological polar surface area (TPSA) is 83.8 Å². The van der Waals surface area contributed by atoms with E-state index in [9.17, 15) is 10.1 Å². The summed E-state index contributed by atoms with van der Waals surface area (Å²) >= 11 is 0. The van der Waals surface area contributed by atoms with E-state index < -0.39 is 4.92 Å². The summed E-state index contributed by atoms with van der Waals surface area (Å²) in [6, 6.07) is 6.56. The minimum Gasteiger partial charge on any atom is -0.376 e. The van der Waals surface area contributed by atoms with Crippen LogP contribution in [0.25, 0.3) is 0 Å². The SMILES string of the molecule is CC(Nc1cn[nH]c1)c1cccc([N+](=O)[O-])c1. The first-order valence-corrected chi connectivity index (χ1v) is 5.16. The average molecular weight is 232 g/mol. The molecule has 0 radical (unpaired) electrons. The van der Waals surface area contributed by atoms with Gasteiger partial charge in [0.25, 0.3) is 5.69 Å². The molecule has 6 nitrogen and oxygen atoms in total. The molecule has 2 N–H and O–H groups in total. The fourth-order valence-electron chi connectivity index (χ4n) is 1.57. The van der Waals surface area contributed by atoms with Crippen LogP contribution in [0.4, 0.5) is 11.4 Å². The highest BCUT2D eigenvalue weighted by molar-refractivity contribution is 5.43.